The van der Waals surface area contributed by atoms with Crippen LogP contribution in [-0.2, 0) is 6.42 Å². The number of fused-ring (bicyclic) bond motifs is 8. The number of rotatable bonds is 4. The van der Waals surface area contributed by atoms with Crippen molar-refractivity contribution in [3.8, 4) is 11.1 Å². The third-order valence-corrected chi connectivity index (χ3v) is 10.9. The Bertz CT molecular complexity index is 2570. The molecule has 1 aliphatic heterocycles. The molecule has 1 nitrogen and oxygen atoms in total. The van der Waals surface area contributed by atoms with Crippen LogP contribution in [0.3, 0.4) is 0 Å². The van der Waals surface area contributed by atoms with Crippen molar-refractivity contribution >= 4 is 60.5 Å². The minimum absolute atomic E-state index is 0.950. The van der Waals surface area contributed by atoms with Gasteiger partial charge in [0, 0.05) is 23.5 Å². The largest absolute Gasteiger partial charge is 0.310 e. The van der Waals surface area contributed by atoms with E-state index in [0.717, 1.165) is 32.1 Å². The topological polar surface area (TPSA) is 3.24 Å². The summed E-state index contributed by atoms with van der Waals surface area (Å²) in [7, 11) is 0. The molecule has 2 aliphatic carbocycles. The molecule has 238 valence electrons. The van der Waals surface area contributed by atoms with Gasteiger partial charge in [-0.05, 0) is 133 Å². The van der Waals surface area contributed by atoms with Crippen molar-refractivity contribution in [3.05, 3.63) is 186 Å². The fourth-order valence-electron chi connectivity index (χ4n) is 8.68. The standard InChI is InChI=1S/C49H37N/c1-4-16-33(17-5-1)42-32-43(34-18-6-2-7-19-34)48-40-25-13-12-24-39(40)44-31-38(28-29-41(44)49(48)47(42)35-20-8-3-9-21-35)50-45-26-14-10-22-36(45)30-37-23-11-15-27-46(37)50/h2-4,6,8-18,20-29,31-32H,1,5,7,19,30H2. The molecule has 0 fully saturated rings. The zero-order chi connectivity index (χ0) is 33.0. The van der Waals surface area contributed by atoms with Gasteiger partial charge >= 0.3 is 0 Å². The van der Waals surface area contributed by atoms with Crippen LogP contribution in [0.5, 0.6) is 0 Å². The molecule has 0 aromatic heterocycles. The lowest BCUT2D eigenvalue weighted by Crippen LogP contribution is -2.18. The molecule has 0 saturated heterocycles. The van der Waals surface area contributed by atoms with Crippen LogP contribution in [0.4, 0.5) is 17.1 Å². The highest BCUT2D eigenvalue weighted by molar-refractivity contribution is 6.32. The molecule has 0 N–H and O–H groups in total. The van der Waals surface area contributed by atoms with E-state index in [-0.39, 0.29) is 0 Å². The lowest BCUT2D eigenvalue weighted by Gasteiger charge is -2.33. The molecule has 0 spiro atoms. The van der Waals surface area contributed by atoms with E-state index >= 15 is 0 Å². The molecule has 7 aromatic rings. The van der Waals surface area contributed by atoms with Crippen molar-refractivity contribution in [2.24, 2.45) is 0 Å². The van der Waals surface area contributed by atoms with E-state index in [2.05, 4.69) is 169 Å². The maximum absolute atomic E-state index is 2.52. The van der Waals surface area contributed by atoms with Gasteiger partial charge in [0.2, 0.25) is 0 Å². The summed E-state index contributed by atoms with van der Waals surface area (Å²) < 4.78 is 0. The molecule has 7 aromatic carbocycles. The zero-order valence-electron chi connectivity index (χ0n) is 28.1. The van der Waals surface area contributed by atoms with E-state index < -0.39 is 0 Å². The summed E-state index contributed by atoms with van der Waals surface area (Å²) in [6.07, 6.45) is 19.3. The van der Waals surface area contributed by atoms with Crippen molar-refractivity contribution in [1.29, 1.82) is 0 Å². The molecule has 0 amide bonds. The number of allylic oxidation sites excluding steroid dienone is 8. The molecule has 0 unspecified atom stereocenters. The van der Waals surface area contributed by atoms with Crippen LogP contribution in [0.15, 0.2) is 164 Å². The van der Waals surface area contributed by atoms with Crippen LogP contribution >= 0.6 is 0 Å². The third kappa shape index (κ3) is 4.61. The molecule has 1 heteroatoms. The Morgan fingerprint density at radius 2 is 1.24 bits per heavy atom. The van der Waals surface area contributed by atoms with Crippen LogP contribution in [0.2, 0.25) is 0 Å². The number of hydrogen-bond acceptors (Lipinski definition) is 1. The maximum Gasteiger partial charge on any atom is 0.0497 e. The summed E-state index contributed by atoms with van der Waals surface area (Å²) in [4.78, 5) is 2.48. The third-order valence-electron chi connectivity index (χ3n) is 10.9. The molecule has 0 radical (unpaired) electrons. The molecular formula is C49H37N. The number of hydrogen-bond donors (Lipinski definition) is 0. The first kappa shape index (κ1) is 29.0. The summed E-state index contributed by atoms with van der Waals surface area (Å²) in [6.45, 7) is 0. The Balaban J connectivity index is 1.36. The van der Waals surface area contributed by atoms with Gasteiger partial charge in [-0.15, -0.1) is 0 Å². The quantitative estimate of drug-likeness (QED) is 0.173. The molecule has 1 heterocycles. The Morgan fingerprint density at radius 3 is 1.98 bits per heavy atom. The predicted octanol–water partition coefficient (Wildman–Crippen LogP) is 13.7. The molecule has 50 heavy (non-hydrogen) atoms. The zero-order valence-corrected chi connectivity index (χ0v) is 28.1. The van der Waals surface area contributed by atoms with Gasteiger partial charge in [0.05, 0.1) is 0 Å². The van der Waals surface area contributed by atoms with Crippen molar-refractivity contribution in [2.75, 3.05) is 4.90 Å². The minimum atomic E-state index is 0.950. The molecule has 3 aliphatic rings. The average Bonchev–Trinajstić information content (AvgIpc) is 3.20. The summed E-state index contributed by atoms with van der Waals surface area (Å²) in [5.41, 5.74) is 14.4. The second kappa shape index (κ2) is 11.9. The van der Waals surface area contributed by atoms with E-state index in [4.69, 9.17) is 0 Å². The molecule has 0 bridgehead atoms. The van der Waals surface area contributed by atoms with E-state index in [1.165, 1.54) is 93.9 Å². The van der Waals surface area contributed by atoms with Crippen molar-refractivity contribution in [2.45, 2.75) is 32.1 Å². The van der Waals surface area contributed by atoms with Gasteiger partial charge in [-0.1, -0.05) is 134 Å². The summed E-state index contributed by atoms with van der Waals surface area (Å²) in [6, 6.07) is 47.7. The van der Waals surface area contributed by atoms with E-state index in [1.807, 2.05) is 0 Å². The first-order valence-electron chi connectivity index (χ1n) is 18.0. The second-order valence-corrected chi connectivity index (χ2v) is 13.8. The number of anilines is 3. The maximum atomic E-state index is 2.52. The smallest absolute Gasteiger partial charge is 0.0497 e. The van der Waals surface area contributed by atoms with Crippen molar-refractivity contribution in [1.82, 2.24) is 0 Å². The SMILES string of the molecule is C1=CCCC(c2cc(C3=CCCC=C3)c(-c3ccccc3)c3c4ccc(N5c6ccccc6Cc6ccccc65)cc4c4ccccc4c23)=C1. The van der Waals surface area contributed by atoms with Gasteiger partial charge in [-0.3, -0.25) is 0 Å². The number of para-hydroxylation sites is 2. The summed E-state index contributed by atoms with van der Waals surface area (Å²) in [5, 5.41) is 7.91. The molecular weight excluding hydrogens is 603 g/mol. The van der Waals surface area contributed by atoms with E-state index in [1.54, 1.807) is 0 Å². The van der Waals surface area contributed by atoms with Crippen LogP contribution < -0.4 is 4.90 Å². The normalized spacial score (nSPS) is 15.2. The lowest BCUT2D eigenvalue weighted by molar-refractivity contribution is 1.04. The first-order valence-corrected chi connectivity index (χ1v) is 18.0. The highest BCUT2D eigenvalue weighted by Crippen LogP contribution is 2.50. The summed E-state index contributed by atoms with van der Waals surface area (Å²) >= 11 is 0. The van der Waals surface area contributed by atoms with Crippen molar-refractivity contribution < 1.29 is 0 Å². The summed E-state index contributed by atoms with van der Waals surface area (Å²) in [5.74, 6) is 0. The van der Waals surface area contributed by atoms with Gasteiger partial charge in [0.1, 0.15) is 0 Å². The van der Waals surface area contributed by atoms with Gasteiger partial charge in [0.15, 0.2) is 0 Å². The average molecular weight is 640 g/mol. The monoisotopic (exact) mass is 639 g/mol. The van der Waals surface area contributed by atoms with Gasteiger partial charge in [-0.2, -0.15) is 0 Å². The highest BCUT2D eigenvalue weighted by Gasteiger charge is 2.26. The fourth-order valence-corrected chi connectivity index (χ4v) is 8.68. The number of nitrogens with zero attached hydrogens (tertiary/aromatic N) is 1. The van der Waals surface area contributed by atoms with Crippen molar-refractivity contribution in [3.63, 3.8) is 0 Å². The second-order valence-electron chi connectivity index (χ2n) is 13.8. The van der Waals surface area contributed by atoms with Gasteiger partial charge < -0.3 is 4.90 Å². The lowest BCUT2D eigenvalue weighted by atomic mass is 9.79. The number of benzene rings is 7. The van der Waals surface area contributed by atoms with E-state index in [0.29, 0.717) is 0 Å². The Kier molecular flexibility index (Phi) is 6.91. The Labute approximate surface area is 293 Å². The highest BCUT2D eigenvalue weighted by atomic mass is 15.2. The predicted molar refractivity (Wildman–Crippen MR) is 215 cm³/mol. The van der Waals surface area contributed by atoms with E-state index in [9.17, 15) is 0 Å². The Morgan fingerprint density at radius 1 is 0.520 bits per heavy atom. The van der Waals surface area contributed by atoms with Gasteiger partial charge in [-0.25, -0.2) is 0 Å². The fraction of sp³-hybridized carbons (Fsp3) is 0.102. The Hall–Kier alpha value is -5.92. The van der Waals surface area contributed by atoms with Crippen LogP contribution in [-0.4, -0.2) is 0 Å². The minimum Gasteiger partial charge on any atom is -0.310 e. The first-order chi connectivity index (χ1) is 24.8. The van der Waals surface area contributed by atoms with Crippen LogP contribution in [0.25, 0.3) is 54.6 Å². The van der Waals surface area contributed by atoms with Crippen LogP contribution in [0, 0.1) is 0 Å². The molecule has 10 rings (SSSR count). The van der Waals surface area contributed by atoms with Gasteiger partial charge in [0.25, 0.3) is 0 Å². The molecule has 0 saturated carbocycles. The molecule has 0 atom stereocenters. The van der Waals surface area contributed by atoms with Crippen LogP contribution in [0.1, 0.15) is 47.9 Å².